The molecule has 0 radical (unpaired) electrons. The summed E-state index contributed by atoms with van der Waals surface area (Å²) in [5.41, 5.74) is 1.42. The highest BCUT2D eigenvalue weighted by Crippen LogP contribution is 2.29. The van der Waals surface area contributed by atoms with Gasteiger partial charge in [0.2, 0.25) is 0 Å². The van der Waals surface area contributed by atoms with E-state index in [1.54, 1.807) is 19.1 Å². The summed E-state index contributed by atoms with van der Waals surface area (Å²) in [6, 6.07) is 5.48. The number of para-hydroxylation sites is 1. The van der Waals surface area contributed by atoms with E-state index in [1.807, 2.05) is 6.07 Å². The van der Waals surface area contributed by atoms with E-state index < -0.39 is 0 Å². The van der Waals surface area contributed by atoms with Crippen LogP contribution in [-0.4, -0.2) is 24.2 Å². The largest absolute Gasteiger partial charge is 0.379 e. The Kier molecular flexibility index (Phi) is 3.05. The molecule has 16 heavy (non-hydrogen) atoms. The lowest BCUT2D eigenvalue weighted by molar-refractivity contribution is -0.384. The molecule has 1 unspecified atom stereocenters. The van der Waals surface area contributed by atoms with Crippen LogP contribution in [0.1, 0.15) is 12.0 Å². The Morgan fingerprint density at radius 2 is 2.38 bits per heavy atom. The van der Waals surface area contributed by atoms with Gasteiger partial charge >= 0.3 is 0 Å². The SMILES string of the molecule is Cc1cccc(NC2CCOC2)c1[N+](=O)[O-]. The number of anilines is 1. The first-order valence-electron chi connectivity index (χ1n) is 5.27. The van der Waals surface area contributed by atoms with Gasteiger partial charge < -0.3 is 10.1 Å². The first kappa shape index (κ1) is 10.9. The van der Waals surface area contributed by atoms with Crippen LogP contribution in [0.25, 0.3) is 0 Å². The van der Waals surface area contributed by atoms with E-state index in [0.717, 1.165) is 13.0 Å². The molecular formula is C11H14N2O3. The fourth-order valence-corrected chi connectivity index (χ4v) is 1.89. The van der Waals surface area contributed by atoms with Gasteiger partial charge in [0.15, 0.2) is 0 Å². The minimum Gasteiger partial charge on any atom is -0.379 e. The molecule has 1 aliphatic rings. The van der Waals surface area contributed by atoms with E-state index in [9.17, 15) is 10.1 Å². The van der Waals surface area contributed by atoms with Crippen LogP contribution in [0.5, 0.6) is 0 Å². The Labute approximate surface area is 93.6 Å². The molecule has 2 rings (SSSR count). The number of hydrogen-bond acceptors (Lipinski definition) is 4. The van der Waals surface area contributed by atoms with Gasteiger partial charge in [-0.15, -0.1) is 0 Å². The maximum Gasteiger partial charge on any atom is 0.295 e. The van der Waals surface area contributed by atoms with E-state index in [0.29, 0.717) is 17.9 Å². The van der Waals surface area contributed by atoms with Crippen LogP contribution >= 0.6 is 0 Å². The summed E-state index contributed by atoms with van der Waals surface area (Å²) < 4.78 is 5.23. The van der Waals surface area contributed by atoms with Crippen molar-refractivity contribution in [3.05, 3.63) is 33.9 Å². The molecule has 1 heterocycles. The Morgan fingerprint density at radius 3 is 3.00 bits per heavy atom. The van der Waals surface area contributed by atoms with E-state index >= 15 is 0 Å². The standard InChI is InChI=1S/C11H14N2O3/c1-8-3-2-4-10(11(8)13(14)15)12-9-5-6-16-7-9/h2-4,9,12H,5-7H2,1H3. The number of hydrogen-bond donors (Lipinski definition) is 1. The van der Waals surface area contributed by atoms with E-state index in [4.69, 9.17) is 4.74 Å². The zero-order chi connectivity index (χ0) is 11.5. The number of benzene rings is 1. The Hall–Kier alpha value is -1.62. The number of nitro groups is 1. The van der Waals surface area contributed by atoms with Crippen LogP contribution in [0.2, 0.25) is 0 Å². The van der Waals surface area contributed by atoms with Crippen LogP contribution in [-0.2, 0) is 4.74 Å². The number of nitrogens with one attached hydrogen (secondary N) is 1. The molecule has 0 spiro atoms. The fourth-order valence-electron chi connectivity index (χ4n) is 1.89. The third-order valence-corrected chi connectivity index (χ3v) is 2.71. The van der Waals surface area contributed by atoms with Crippen molar-refractivity contribution in [3.63, 3.8) is 0 Å². The summed E-state index contributed by atoms with van der Waals surface area (Å²) in [7, 11) is 0. The van der Waals surface area contributed by atoms with Gasteiger partial charge in [0, 0.05) is 12.2 Å². The molecule has 0 aromatic heterocycles. The molecule has 1 fully saturated rings. The van der Waals surface area contributed by atoms with Crippen molar-refractivity contribution in [2.75, 3.05) is 18.5 Å². The molecule has 1 aliphatic heterocycles. The third-order valence-electron chi connectivity index (χ3n) is 2.71. The summed E-state index contributed by atoms with van der Waals surface area (Å²) in [4.78, 5) is 10.6. The topological polar surface area (TPSA) is 64.4 Å². The zero-order valence-corrected chi connectivity index (χ0v) is 9.10. The monoisotopic (exact) mass is 222 g/mol. The second-order valence-corrected chi connectivity index (χ2v) is 3.93. The van der Waals surface area contributed by atoms with Crippen molar-refractivity contribution in [2.24, 2.45) is 0 Å². The summed E-state index contributed by atoms with van der Waals surface area (Å²) in [5.74, 6) is 0. The molecule has 0 bridgehead atoms. The number of rotatable bonds is 3. The number of nitro benzene ring substituents is 1. The minimum absolute atomic E-state index is 0.161. The smallest absolute Gasteiger partial charge is 0.295 e. The maximum atomic E-state index is 11.0. The molecule has 0 aliphatic carbocycles. The molecule has 5 nitrogen and oxygen atoms in total. The van der Waals surface area contributed by atoms with Gasteiger partial charge in [-0.2, -0.15) is 0 Å². The van der Waals surface area contributed by atoms with Gasteiger partial charge in [0.1, 0.15) is 5.69 Å². The fraction of sp³-hybridized carbons (Fsp3) is 0.455. The minimum atomic E-state index is -0.340. The predicted octanol–water partition coefficient (Wildman–Crippen LogP) is 2.10. The Morgan fingerprint density at radius 1 is 1.56 bits per heavy atom. The van der Waals surface area contributed by atoms with Crippen molar-refractivity contribution in [1.82, 2.24) is 0 Å². The molecule has 5 heteroatoms. The number of nitrogens with zero attached hydrogens (tertiary/aromatic N) is 1. The molecular weight excluding hydrogens is 208 g/mol. The molecule has 1 N–H and O–H groups in total. The van der Waals surface area contributed by atoms with Crippen LogP contribution < -0.4 is 5.32 Å². The van der Waals surface area contributed by atoms with Crippen LogP contribution in [0.4, 0.5) is 11.4 Å². The van der Waals surface area contributed by atoms with Crippen molar-refractivity contribution < 1.29 is 9.66 Å². The van der Waals surface area contributed by atoms with E-state index in [1.165, 1.54) is 0 Å². The average molecular weight is 222 g/mol. The summed E-state index contributed by atoms with van der Waals surface area (Å²) in [6.45, 7) is 3.08. The second kappa shape index (κ2) is 4.49. The summed E-state index contributed by atoms with van der Waals surface area (Å²) in [6.07, 6.45) is 0.894. The van der Waals surface area contributed by atoms with Crippen molar-refractivity contribution in [1.29, 1.82) is 0 Å². The van der Waals surface area contributed by atoms with E-state index in [-0.39, 0.29) is 16.7 Å². The highest BCUT2D eigenvalue weighted by Gasteiger charge is 2.21. The summed E-state index contributed by atoms with van der Waals surface area (Å²) in [5, 5.41) is 14.1. The van der Waals surface area contributed by atoms with Gasteiger partial charge in [0.05, 0.1) is 17.6 Å². The first-order valence-corrected chi connectivity index (χ1v) is 5.27. The molecule has 1 atom stereocenters. The summed E-state index contributed by atoms with van der Waals surface area (Å²) >= 11 is 0. The van der Waals surface area contributed by atoms with Gasteiger partial charge in [-0.05, 0) is 19.4 Å². The van der Waals surface area contributed by atoms with E-state index in [2.05, 4.69) is 5.32 Å². The Bertz CT molecular complexity index is 400. The molecule has 0 saturated carbocycles. The van der Waals surface area contributed by atoms with Gasteiger partial charge in [0.25, 0.3) is 5.69 Å². The molecule has 1 aromatic carbocycles. The van der Waals surface area contributed by atoms with Crippen LogP contribution in [0, 0.1) is 17.0 Å². The van der Waals surface area contributed by atoms with Crippen molar-refractivity contribution in [2.45, 2.75) is 19.4 Å². The Balaban J connectivity index is 2.25. The van der Waals surface area contributed by atoms with Gasteiger partial charge in [-0.1, -0.05) is 12.1 Å². The number of ether oxygens (including phenoxy) is 1. The lowest BCUT2D eigenvalue weighted by Gasteiger charge is -2.13. The molecule has 0 amide bonds. The van der Waals surface area contributed by atoms with Crippen LogP contribution in [0.15, 0.2) is 18.2 Å². The molecule has 1 aromatic rings. The predicted molar refractivity (Wildman–Crippen MR) is 60.7 cm³/mol. The quantitative estimate of drug-likeness (QED) is 0.628. The molecule has 1 saturated heterocycles. The van der Waals surface area contributed by atoms with Gasteiger partial charge in [-0.25, -0.2) is 0 Å². The normalized spacial score (nSPS) is 19.7. The lowest BCUT2D eigenvalue weighted by Crippen LogP contribution is -2.19. The highest BCUT2D eigenvalue weighted by molar-refractivity contribution is 5.65. The molecule has 86 valence electrons. The second-order valence-electron chi connectivity index (χ2n) is 3.93. The maximum absolute atomic E-state index is 11.0. The first-order chi connectivity index (χ1) is 7.68. The van der Waals surface area contributed by atoms with Crippen LogP contribution in [0.3, 0.4) is 0 Å². The third kappa shape index (κ3) is 2.14. The lowest BCUT2D eigenvalue weighted by atomic mass is 10.1. The van der Waals surface area contributed by atoms with Crippen molar-refractivity contribution in [3.8, 4) is 0 Å². The van der Waals surface area contributed by atoms with Crippen molar-refractivity contribution >= 4 is 11.4 Å². The highest BCUT2D eigenvalue weighted by atomic mass is 16.6. The zero-order valence-electron chi connectivity index (χ0n) is 9.10. The average Bonchev–Trinajstić information content (AvgIpc) is 2.70. The van der Waals surface area contributed by atoms with Gasteiger partial charge in [-0.3, -0.25) is 10.1 Å². The number of aryl methyl sites for hydroxylation is 1.